The molecule has 27 heavy (non-hydrogen) atoms. The van der Waals surface area contributed by atoms with Gasteiger partial charge < -0.3 is 9.80 Å². The first kappa shape index (κ1) is 19.9. The van der Waals surface area contributed by atoms with E-state index in [1.807, 2.05) is 9.80 Å². The van der Waals surface area contributed by atoms with E-state index in [9.17, 15) is 18.0 Å². The maximum Gasteiger partial charge on any atom is 0.417 e. The number of carbonyl (C=O) groups is 1. The highest BCUT2D eigenvalue weighted by atomic mass is 19.4. The first-order valence-corrected chi connectivity index (χ1v) is 9.46. The smallest absolute Gasteiger partial charge is 0.355 e. The second kappa shape index (κ2) is 8.43. The number of hydrogen-bond acceptors (Lipinski definition) is 5. The zero-order chi connectivity index (χ0) is 19.4. The molecule has 3 heterocycles. The van der Waals surface area contributed by atoms with Gasteiger partial charge in [0.15, 0.2) is 0 Å². The summed E-state index contributed by atoms with van der Waals surface area (Å²) in [5, 5.41) is 0. The number of nitrogens with zero attached hydrogens (tertiary/aromatic N) is 3. The van der Waals surface area contributed by atoms with Crippen LogP contribution in [-0.2, 0) is 11.0 Å². The Morgan fingerprint density at radius 3 is 2.70 bits per heavy atom. The van der Waals surface area contributed by atoms with E-state index in [4.69, 9.17) is 0 Å². The van der Waals surface area contributed by atoms with Crippen LogP contribution in [0.3, 0.4) is 0 Å². The molecule has 0 spiro atoms. The van der Waals surface area contributed by atoms with E-state index in [0.717, 1.165) is 37.9 Å². The number of hydrogen-bond donors (Lipinski definition) is 2. The molecule has 0 bridgehead atoms. The Labute approximate surface area is 157 Å². The molecular weight excluding hydrogens is 359 g/mol. The van der Waals surface area contributed by atoms with Crippen molar-refractivity contribution in [1.29, 1.82) is 0 Å². The van der Waals surface area contributed by atoms with Crippen molar-refractivity contribution in [3.63, 3.8) is 0 Å². The number of aromatic nitrogens is 1. The molecule has 9 heteroatoms. The molecule has 6 nitrogen and oxygen atoms in total. The normalized spacial score (nSPS) is 24.1. The molecule has 2 N–H and O–H groups in total. The summed E-state index contributed by atoms with van der Waals surface area (Å²) in [7, 11) is 0. The molecule has 2 atom stereocenters. The quantitative estimate of drug-likeness (QED) is 0.832. The van der Waals surface area contributed by atoms with Crippen molar-refractivity contribution < 1.29 is 18.0 Å². The SMILES string of the molecule is CCCC1CC(C(=O)N2CCCN(c3ccc(C(F)(F)F)cn3)CC2)NN1. The van der Waals surface area contributed by atoms with Crippen LogP contribution in [0.4, 0.5) is 19.0 Å². The van der Waals surface area contributed by atoms with E-state index in [1.54, 1.807) is 0 Å². The number of rotatable bonds is 4. The minimum atomic E-state index is -4.38. The number of carbonyl (C=O) groups excluding carboxylic acids is 1. The van der Waals surface area contributed by atoms with Gasteiger partial charge >= 0.3 is 6.18 Å². The van der Waals surface area contributed by atoms with E-state index < -0.39 is 11.7 Å². The Kier molecular flexibility index (Phi) is 6.21. The third-order valence-corrected chi connectivity index (χ3v) is 5.12. The molecule has 1 amide bonds. The summed E-state index contributed by atoms with van der Waals surface area (Å²) in [6.07, 6.45) is 0.125. The molecule has 2 unspecified atom stereocenters. The number of hydrazine groups is 1. The molecule has 2 fully saturated rings. The lowest BCUT2D eigenvalue weighted by Gasteiger charge is -2.25. The summed E-state index contributed by atoms with van der Waals surface area (Å²) in [6, 6.07) is 2.57. The van der Waals surface area contributed by atoms with Crippen molar-refractivity contribution in [2.75, 3.05) is 31.1 Å². The standard InChI is InChI=1S/C18H26F3N5O/c1-2-4-14-11-15(24-23-14)17(27)26-8-3-7-25(9-10-26)16-6-5-13(12-22-16)18(19,20)21/h5-6,12,14-15,23-24H,2-4,7-11H2,1H3. The van der Waals surface area contributed by atoms with Crippen LogP contribution in [0.5, 0.6) is 0 Å². The molecule has 150 valence electrons. The fourth-order valence-corrected chi connectivity index (χ4v) is 3.65. The van der Waals surface area contributed by atoms with E-state index in [1.165, 1.54) is 6.07 Å². The number of nitrogens with one attached hydrogen (secondary N) is 2. The van der Waals surface area contributed by atoms with Crippen molar-refractivity contribution in [2.24, 2.45) is 0 Å². The van der Waals surface area contributed by atoms with E-state index in [2.05, 4.69) is 22.8 Å². The Morgan fingerprint density at radius 1 is 1.22 bits per heavy atom. The maximum atomic E-state index is 12.8. The van der Waals surface area contributed by atoms with Crippen LogP contribution in [0, 0.1) is 0 Å². The van der Waals surface area contributed by atoms with Gasteiger partial charge in [0.25, 0.3) is 0 Å². The highest BCUT2D eigenvalue weighted by Gasteiger charge is 2.33. The molecular formula is C18H26F3N5O. The van der Waals surface area contributed by atoms with Gasteiger partial charge in [-0.15, -0.1) is 0 Å². The highest BCUT2D eigenvalue weighted by Crippen LogP contribution is 2.29. The van der Waals surface area contributed by atoms with Gasteiger partial charge in [0.1, 0.15) is 11.9 Å². The monoisotopic (exact) mass is 385 g/mol. The number of anilines is 1. The van der Waals surface area contributed by atoms with Crippen molar-refractivity contribution in [2.45, 2.75) is 50.9 Å². The lowest BCUT2D eigenvalue weighted by atomic mass is 10.1. The predicted molar refractivity (Wildman–Crippen MR) is 96.0 cm³/mol. The molecule has 0 aromatic carbocycles. The van der Waals surface area contributed by atoms with Gasteiger partial charge in [0.05, 0.1) is 5.56 Å². The molecule has 0 aliphatic carbocycles. The molecule has 2 saturated heterocycles. The molecule has 3 rings (SSSR count). The van der Waals surface area contributed by atoms with Crippen LogP contribution >= 0.6 is 0 Å². The molecule has 0 radical (unpaired) electrons. The summed E-state index contributed by atoms with van der Waals surface area (Å²) in [6.45, 7) is 4.53. The molecule has 1 aromatic rings. The van der Waals surface area contributed by atoms with Gasteiger partial charge in [-0.1, -0.05) is 13.3 Å². The van der Waals surface area contributed by atoms with Gasteiger partial charge in [-0.2, -0.15) is 13.2 Å². The van der Waals surface area contributed by atoms with Gasteiger partial charge in [-0.05, 0) is 31.4 Å². The topological polar surface area (TPSA) is 60.5 Å². The van der Waals surface area contributed by atoms with E-state index >= 15 is 0 Å². The van der Waals surface area contributed by atoms with E-state index in [-0.39, 0.29) is 11.9 Å². The second-order valence-corrected chi connectivity index (χ2v) is 7.13. The lowest BCUT2D eigenvalue weighted by molar-refractivity contribution is -0.137. The summed E-state index contributed by atoms with van der Waals surface area (Å²) < 4.78 is 38.0. The number of alkyl halides is 3. The molecule has 2 aliphatic heterocycles. The first-order valence-electron chi connectivity index (χ1n) is 9.46. The molecule has 2 aliphatic rings. The van der Waals surface area contributed by atoms with Crippen LogP contribution in [0.2, 0.25) is 0 Å². The summed E-state index contributed by atoms with van der Waals surface area (Å²) in [5.74, 6) is 0.601. The van der Waals surface area contributed by atoms with Crippen LogP contribution in [0.1, 0.15) is 38.2 Å². The van der Waals surface area contributed by atoms with Crippen molar-refractivity contribution in [1.82, 2.24) is 20.7 Å². The Hall–Kier alpha value is -1.87. The van der Waals surface area contributed by atoms with Gasteiger partial charge in [0.2, 0.25) is 5.91 Å². The molecule has 1 aromatic heterocycles. The third kappa shape index (κ3) is 4.90. The van der Waals surface area contributed by atoms with Gasteiger partial charge in [-0.25, -0.2) is 10.4 Å². The summed E-state index contributed by atoms with van der Waals surface area (Å²) in [4.78, 5) is 20.5. The van der Waals surface area contributed by atoms with E-state index in [0.29, 0.717) is 38.0 Å². The fraction of sp³-hybridized carbons (Fsp3) is 0.667. The Morgan fingerprint density at radius 2 is 2.04 bits per heavy atom. The zero-order valence-electron chi connectivity index (χ0n) is 15.4. The Balaban J connectivity index is 1.56. The van der Waals surface area contributed by atoms with Crippen LogP contribution in [0.25, 0.3) is 0 Å². The van der Waals surface area contributed by atoms with Gasteiger partial charge in [-0.3, -0.25) is 10.2 Å². The van der Waals surface area contributed by atoms with Crippen LogP contribution in [0.15, 0.2) is 18.3 Å². The summed E-state index contributed by atoms with van der Waals surface area (Å²) in [5.41, 5.74) is 5.53. The minimum absolute atomic E-state index is 0.0864. The fourth-order valence-electron chi connectivity index (χ4n) is 3.65. The lowest BCUT2D eigenvalue weighted by Crippen LogP contribution is -2.47. The number of pyridine rings is 1. The van der Waals surface area contributed by atoms with Crippen LogP contribution in [-0.4, -0.2) is 54.1 Å². The predicted octanol–water partition coefficient (Wildman–Crippen LogP) is 2.17. The third-order valence-electron chi connectivity index (χ3n) is 5.12. The van der Waals surface area contributed by atoms with Crippen molar-refractivity contribution in [3.05, 3.63) is 23.9 Å². The number of amides is 1. The maximum absolute atomic E-state index is 12.8. The highest BCUT2D eigenvalue weighted by molar-refractivity contribution is 5.82. The number of halogens is 3. The summed E-state index contributed by atoms with van der Waals surface area (Å²) >= 11 is 0. The van der Waals surface area contributed by atoms with Crippen LogP contribution < -0.4 is 15.8 Å². The average Bonchev–Trinajstić information content (AvgIpc) is 2.96. The molecule has 0 saturated carbocycles. The van der Waals surface area contributed by atoms with Crippen molar-refractivity contribution in [3.8, 4) is 0 Å². The largest absolute Gasteiger partial charge is 0.417 e. The van der Waals surface area contributed by atoms with Crippen molar-refractivity contribution >= 4 is 11.7 Å². The van der Waals surface area contributed by atoms with Gasteiger partial charge in [0, 0.05) is 38.4 Å². The second-order valence-electron chi connectivity index (χ2n) is 7.13. The minimum Gasteiger partial charge on any atom is -0.355 e. The zero-order valence-corrected chi connectivity index (χ0v) is 15.4. The first-order chi connectivity index (χ1) is 12.9. The average molecular weight is 385 g/mol. The Bertz CT molecular complexity index is 637.